The Labute approximate surface area is 213 Å². The summed E-state index contributed by atoms with van der Waals surface area (Å²) in [6, 6.07) is 11.2. The number of hydrogen-bond donors (Lipinski definition) is 4. The molecule has 4 aromatic rings. The second-order valence-electron chi connectivity index (χ2n) is 7.63. The molecule has 14 heteroatoms. The van der Waals surface area contributed by atoms with Crippen molar-refractivity contribution in [3.05, 3.63) is 84.7 Å². The number of halogens is 3. The number of aliphatic hydroxyl groups is 1. The summed E-state index contributed by atoms with van der Waals surface area (Å²) < 4.78 is 46.6. The molecule has 4 N–H and O–H groups in total. The van der Waals surface area contributed by atoms with Gasteiger partial charge in [0.25, 0.3) is 5.91 Å². The number of urea groups is 1. The van der Waals surface area contributed by atoms with Gasteiger partial charge in [0.15, 0.2) is 0 Å². The van der Waals surface area contributed by atoms with Crippen LogP contribution in [-0.4, -0.2) is 49.9 Å². The quantitative estimate of drug-likeness (QED) is 0.273. The fourth-order valence-electron chi connectivity index (χ4n) is 3.23. The number of alkyl halides is 3. The lowest BCUT2D eigenvalue weighted by atomic mass is 10.1. The first-order chi connectivity index (χ1) is 18.2. The van der Waals surface area contributed by atoms with Crippen LogP contribution in [0.1, 0.15) is 16.1 Å². The molecule has 196 valence electrons. The lowest BCUT2D eigenvalue weighted by Gasteiger charge is -2.15. The van der Waals surface area contributed by atoms with E-state index < -0.39 is 23.7 Å². The molecule has 2 heterocycles. The molecule has 38 heavy (non-hydrogen) atoms. The van der Waals surface area contributed by atoms with Crippen LogP contribution in [0.4, 0.5) is 29.3 Å². The number of hydrogen-bond acceptors (Lipinski definition) is 7. The van der Waals surface area contributed by atoms with Crippen molar-refractivity contribution in [3.63, 3.8) is 0 Å². The molecular formula is C24H20F3N7O4. The van der Waals surface area contributed by atoms with Gasteiger partial charge in [-0.3, -0.25) is 9.78 Å². The van der Waals surface area contributed by atoms with Crippen LogP contribution in [0, 0.1) is 0 Å². The monoisotopic (exact) mass is 527 g/mol. The van der Waals surface area contributed by atoms with Gasteiger partial charge in [0.1, 0.15) is 29.8 Å². The zero-order valence-corrected chi connectivity index (χ0v) is 19.4. The van der Waals surface area contributed by atoms with Crippen LogP contribution in [-0.2, 0) is 6.18 Å². The van der Waals surface area contributed by atoms with Crippen molar-refractivity contribution in [1.29, 1.82) is 0 Å². The number of pyridine rings is 1. The number of benzene rings is 2. The van der Waals surface area contributed by atoms with E-state index in [0.29, 0.717) is 17.2 Å². The van der Waals surface area contributed by atoms with Gasteiger partial charge in [-0.25, -0.2) is 14.5 Å². The van der Waals surface area contributed by atoms with Crippen LogP contribution in [0.25, 0.3) is 5.69 Å². The summed E-state index contributed by atoms with van der Waals surface area (Å²) in [6.07, 6.45) is -0.713. The predicted molar refractivity (Wildman–Crippen MR) is 129 cm³/mol. The molecule has 0 saturated carbocycles. The molecule has 0 spiro atoms. The molecule has 0 aliphatic rings. The average Bonchev–Trinajstić information content (AvgIpc) is 3.43. The van der Waals surface area contributed by atoms with Gasteiger partial charge in [-0.05, 0) is 48.5 Å². The predicted octanol–water partition coefficient (Wildman–Crippen LogP) is 3.84. The molecule has 0 unspecified atom stereocenters. The standard InChI is InChI=1S/C24H20F3N7O4/c25-24(26,27)15-1-6-21(34-14-28-13-31-34)19(11-15)33-23(37)32-16-2-4-17(5-3-16)38-18-7-8-29-20(12-18)22(36)30-9-10-35/h1-8,11-14,35H,9-10H2,(H,30,36)(H2,32,33,37). The minimum Gasteiger partial charge on any atom is -0.457 e. The van der Waals surface area contributed by atoms with E-state index in [1.165, 1.54) is 47.8 Å². The Morgan fingerprint density at radius 1 is 1.00 bits per heavy atom. The Hall–Kier alpha value is -4.98. The molecule has 2 aromatic heterocycles. The van der Waals surface area contributed by atoms with E-state index in [1.807, 2.05) is 0 Å². The number of carbonyl (C=O) groups is 2. The van der Waals surface area contributed by atoms with Crippen molar-refractivity contribution < 1.29 is 32.6 Å². The molecule has 0 saturated heterocycles. The third-order valence-electron chi connectivity index (χ3n) is 4.95. The highest BCUT2D eigenvalue weighted by Gasteiger charge is 2.31. The number of ether oxygens (including phenoxy) is 1. The number of amides is 3. The van der Waals surface area contributed by atoms with Crippen LogP contribution in [0.3, 0.4) is 0 Å². The number of aliphatic hydroxyl groups excluding tert-OH is 1. The molecular weight excluding hydrogens is 507 g/mol. The van der Waals surface area contributed by atoms with E-state index >= 15 is 0 Å². The summed E-state index contributed by atoms with van der Waals surface area (Å²) in [6.45, 7) is -0.119. The van der Waals surface area contributed by atoms with Gasteiger partial charge >= 0.3 is 12.2 Å². The summed E-state index contributed by atoms with van der Waals surface area (Å²) >= 11 is 0. The Morgan fingerprint density at radius 2 is 1.79 bits per heavy atom. The molecule has 0 fully saturated rings. The van der Waals surface area contributed by atoms with E-state index in [1.54, 1.807) is 18.2 Å². The minimum absolute atomic E-state index is 0.0865. The van der Waals surface area contributed by atoms with Crippen LogP contribution in [0.2, 0.25) is 0 Å². The van der Waals surface area contributed by atoms with Crippen LogP contribution >= 0.6 is 0 Å². The maximum atomic E-state index is 13.2. The average molecular weight is 527 g/mol. The van der Waals surface area contributed by atoms with Crippen molar-refractivity contribution in [2.75, 3.05) is 23.8 Å². The van der Waals surface area contributed by atoms with Crippen LogP contribution in [0.15, 0.2) is 73.4 Å². The second kappa shape index (κ2) is 11.4. The fourth-order valence-corrected chi connectivity index (χ4v) is 3.23. The van der Waals surface area contributed by atoms with E-state index in [4.69, 9.17) is 9.84 Å². The van der Waals surface area contributed by atoms with Gasteiger partial charge in [0.2, 0.25) is 0 Å². The summed E-state index contributed by atoms with van der Waals surface area (Å²) in [5.74, 6) is 0.246. The molecule has 2 aromatic carbocycles. The van der Waals surface area contributed by atoms with Crippen LogP contribution < -0.4 is 20.7 Å². The molecule has 3 amide bonds. The van der Waals surface area contributed by atoms with Crippen LogP contribution in [0.5, 0.6) is 11.5 Å². The van der Waals surface area contributed by atoms with E-state index in [9.17, 15) is 22.8 Å². The van der Waals surface area contributed by atoms with Crippen molar-refractivity contribution in [3.8, 4) is 17.2 Å². The van der Waals surface area contributed by atoms with E-state index in [2.05, 4.69) is 31.0 Å². The number of rotatable bonds is 8. The van der Waals surface area contributed by atoms with Gasteiger partial charge < -0.3 is 25.8 Å². The number of aromatic nitrogens is 4. The molecule has 0 aliphatic heterocycles. The maximum Gasteiger partial charge on any atom is 0.416 e. The number of carbonyl (C=O) groups excluding carboxylic acids is 2. The third kappa shape index (κ3) is 6.61. The van der Waals surface area contributed by atoms with Crippen molar-refractivity contribution in [1.82, 2.24) is 25.1 Å². The first-order valence-electron chi connectivity index (χ1n) is 11.0. The first-order valence-corrected chi connectivity index (χ1v) is 11.0. The van der Waals surface area contributed by atoms with Crippen molar-refractivity contribution in [2.24, 2.45) is 0 Å². The highest BCUT2D eigenvalue weighted by molar-refractivity contribution is 6.01. The minimum atomic E-state index is -4.61. The van der Waals surface area contributed by atoms with Gasteiger partial charge in [-0.15, -0.1) is 0 Å². The van der Waals surface area contributed by atoms with Gasteiger partial charge in [0.05, 0.1) is 23.5 Å². The summed E-state index contributed by atoms with van der Waals surface area (Å²) in [5.41, 5.74) is -0.438. The maximum absolute atomic E-state index is 13.2. The molecule has 4 rings (SSSR count). The number of nitrogens with one attached hydrogen (secondary N) is 3. The SMILES string of the molecule is O=C(Nc1ccc(Oc2ccnc(C(=O)NCCO)c2)cc1)Nc1cc(C(F)(F)F)ccc1-n1cncn1. The van der Waals surface area contributed by atoms with Crippen molar-refractivity contribution >= 4 is 23.3 Å². The van der Waals surface area contributed by atoms with E-state index in [0.717, 1.165) is 12.1 Å². The molecule has 0 atom stereocenters. The highest BCUT2D eigenvalue weighted by Crippen LogP contribution is 2.33. The Kier molecular flexibility index (Phi) is 7.82. The molecule has 0 aliphatic carbocycles. The van der Waals surface area contributed by atoms with Gasteiger partial charge in [-0.1, -0.05) is 0 Å². The first kappa shape index (κ1) is 26.1. The lowest BCUT2D eigenvalue weighted by molar-refractivity contribution is -0.137. The largest absolute Gasteiger partial charge is 0.457 e. The molecule has 11 nitrogen and oxygen atoms in total. The highest BCUT2D eigenvalue weighted by atomic mass is 19.4. The number of nitrogens with zero attached hydrogens (tertiary/aromatic N) is 4. The lowest BCUT2D eigenvalue weighted by Crippen LogP contribution is -2.27. The fraction of sp³-hybridized carbons (Fsp3) is 0.125. The smallest absolute Gasteiger partial charge is 0.416 e. The normalized spacial score (nSPS) is 11.1. The topological polar surface area (TPSA) is 143 Å². The zero-order chi connectivity index (χ0) is 27.1. The van der Waals surface area contributed by atoms with Crippen molar-refractivity contribution in [2.45, 2.75) is 6.18 Å². The van der Waals surface area contributed by atoms with Gasteiger partial charge in [-0.2, -0.15) is 18.3 Å². The van der Waals surface area contributed by atoms with E-state index in [-0.39, 0.29) is 30.2 Å². The summed E-state index contributed by atoms with van der Waals surface area (Å²) in [5, 5.41) is 20.2. The summed E-state index contributed by atoms with van der Waals surface area (Å²) in [4.78, 5) is 32.3. The zero-order valence-electron chi connectivity index (χ0n) is 19.4. The van der Waals surface area contributed by atoms with Gasteiger partial charge in [0, 0.05) is 24.5 Å². The molecule has 0 radical (unpaired) electrons. The Morgan fingerprint density at radius 3 is 2.47 bits per heavy atom. The molecule has 0 bridgehead atoms. The Bertz CT molecular complexity index is 1410. The number of anilines is 2. The Balaban J connectivity index is 1.43. The second-order valence-corrected chi connectivity index (χ2v) is 7.63. The summed E-state index contributed by atoms with van der Waals surface area (Å²) in [7, 11) is 0. The third-order valence-corrected chi connectivity index (χ3v) is 4.95.